The normalized spacial score (nSPS) is 31.3. The summed E-state index contributed by atoms with van der Waals surface area (Å²) in [4.78, 5) is 61.6. The van der Waals surface area contributed by atoms with Crippen molar-refractivity contribution in [3.63, 3.8) is 0 Å². The number of hydrogen-bond acceptors (Lipinski definition) is 10. The van der Waals surface area contributed by atoms with Crippen LogP contribution >= 0.6 is 7.82 Å². The molecule has 0 aliphatic heterocycles. The van der Waals surface area contributed by atoms with Gasteiger partial charge in [-0.15, -0.1) is 0 Å². The molecule has 1 fully saturated rings. The molecule has 0 spiro atoms. The fraction of sp³-hybridized carbons (Fsp3) is 0.409. The van der Waals surface area contributed by atoms with Crippen molar-refractivity contribution in [1.29, 1.82) is 0 Å². The van der Waals surface area contributed by atoms with E-state index in [1.165, 1.54) is 44.1 Å². The first-order valence-electron chi connectivity index (χ1n) is 10.8. The second-order valence-electron chi connectivity index (χ2n) is 9.47. The summed E-state index contributed by atoms with van der Waals surface area (Å²) in [6.45, 7) is 1.40. The number of aliphatic hydroxyl groups excluding tert-OH is 2. The maximum atomic E-state index is 13.7. The third-order valence-electron chi connectivity index (χ3n) is 7.02. The van der Waals surface area contributed by atoms with Crippen LogP contribution in [0.4, 0.5) is 0 Å². The van der Waals surface area contributed by atoms with Crippen molar-refractivity contribution in [2.45, 2.75) is 30.6 Å². The minimum Gasteiger partial charge on any atom is -0.508 e. The van der Waals surface area contributed by atoms with Crippen LogP contribution in [0.15, 0.2) is 35.1 Å². The summed E-state index contributed by atoms with van der Waals surface area (Å²) in [5.41, 5.74) is -0.548. The lowest BCUT2D eigenvalue weighted by Gasteiger charge is -2.53. The van der Waals surface area contributed by atoms with Crippen molar-refractivity contribution in [3.8, 4) is 5.75 Å². The van der Waals surface area contributed by atoms with E-state index < -0.39 is 82.8 Å². The van der Waals surface area contributed by atoms with E-state index in [1.807, 2.05) is 0 Å². The smallest absolute Gasteiger partial charge is 0.466 e. The van der Waals surface area contributed by atoms with Gasteiger partial charge in [0.1, 0.15) is 22.8 Å². The number of aliphatic hydroxyl groups is 4. The minimum absolute atomic E-state index is 0.170. The fourth-order valence-corrected chi connectivity index (χ4v) is 5.50. The van der Waals surface area contributed by atoms with E-state index in [0.717, 1.165) is 0 Å². The Hall–Kier alpha value is -3.10. The summed E-state index contributed by atoms with van der Waals surface area (Å²) in [5, 5.41) is 54.9. The Morgan fingerprint density at radius 2 is 1.65 bits per heavy atom. The standard InChI is InChI=1S/C22H24N2O8.H3O4P/c1-21(31)8-5-4-6-11(25)12(8)16(26)13-9(21)7-10-15(24(2)3)17(27)14(20(23)30)19(29)22(10,32)18(13)28;1-5(2,3)4/h4-6,9-10,15,25-26,29,31-32H,7H2,1-3H3,(H2,23,30);(H3,1,2,3,4)/t9?,10?,15?,21-,22+;/m1./s1. The highest BCUT2D eigenvalue weighted by atomic mass is 31.2. The van der Waals surface area contributed by atoms with Crippen LogP contribution < -0.4 is 5.73 Å². The van der Waals surface area contributed by atoms with Crippen LogP contribution in [0, 0.1) is 11.8 Å². The number of hydrogen-bond donors (Lipinski definition) is 9. The van der Waals surface area contributed by atoms with Gasteiger partial charge in [0.2, 0.25) is 5.78 Å². The Kier molecular flexibility index (Phi) is 6.95. The molecule has 4 rings (SSSR count). The quantitative estimate of drug-likeness (QED) is 0.156. The summed E-state index contributed by atoms with van der Waals surface area (Å²) in [6, 6.07) is 3.02. The van der Waals surface area contributed by atoms with E-state index in [0.29, 0.717) is 0 Å². The topological polar surface area (TPSA) is 259 Å². The third-order valence-corrected chi connectivity index (χ3v) is 7.02. The number of ketones is 2. The summed E-state index contributed by atoms with van der Waals surface area (Å²) < 4.78 is 8.88. The zero-order chi connectivity index (χ0) is 28.4. The number of likely N-dealkylation sites (N-methyl/N-ethyl adjacent to an activating group) is 1. The Bertz CT molecular complexity index is 1300. The molecule has 5 atom stereocenters. The SMILES string of the molecule is CN(C)C1C(=O)C(C(N)=O)=C(O)[C@@]2(O)C(=O)C3=C(O)c4c(O)cccc4[C@@](C)(O)C3CC12.O=P(O)(O)O. The van der Waals surface area contributed by atoms with Gasteiger partial charge >= 0.3 is 7.82 Å². The molecule has 10 N–H and O–H groups in total. The average molecular weight is 542 g/mol. The Balaban J connectivity index is 0.000000695. The fourth-order valence-electron chi connectivity index (χ4n) is 5.50. The van der Waals surface area contributed by atoms with Crippen molar-refractivity contribution in [2.75, 3.05) is 14.1 Å². The zero-order valence-corrected chi connectivity index (χ0v) is 20.7. The van der Waals surface area contributed by atoms with Gasteiger partial charge in [0.15, 0.2) is 11.4 Å². The molecule has 1 amide bonds. The number of benzene rings is 1. The maximum absolute atomic E-state index is 13.7. The largest absolute Gasteiger partial charge is 0.508 e. The molecule has 3 aliphatic carbocycles. The van der Waals surface area contributed by atoms with E-state index >= 15 is 0 Å². The summed E-state index contributed by atoms with van der Waals surface area (Å²) in [5.74, 6) is -7.90. The molecular formula is C22H27N2O12P. The average Bonchev–Trinajstić information content (AvgIpc) is 2.73. The predicted octanol–water partition coefficient (Wildman–Crippen LogP) is -1.30. The number of Topliss-reactive ketones (excluding diaryl/α,β-unsaturated/α-hetero) is 2. The van der Waals surface area contributed by atoms with Crippen molar-refractivity contribution in [3.05, 3.63) is 46.2 Å². The van der Waals surface area contributed by atoms with E-state index in [2.05, 4.69) is 0 Å². The van der Waals surface area contributed by atoms with Gasteiger partial charge in [-0.05, 0) is 39.1 Å². The molecule has 1 aromatic carbocycles. The molecule has 0 heterocycles. The van der Waals surface area contributed by atoms with Crippen molar-refractivity contribution in [1.82, 2.24) is 4.90 Å². The number of primary amides is 1. The predicted molar refractivity (Wildman–Crippen MR) is 124 cm³/mol. The lowest BCUT2D eigenvalue weighted by atomic mass is 9.54. The van der Waals surface area contributed by atoms with Gasteiger partial charge in [0, 0.05) is 17.4 Å². The lowest BCUT2D eigenvalue weighted by Crippen LogP contribution is -2.67. The van der Waals surface area contributed by atoms with Crippen molar-refractivity contribution in [2.24, 2.45) is 17.6 Å². The molecule has 1 saturated carbocycles. The summed E-state index contributed by atoms with van der Waals surface area (Å²) in [6.07, 6.45) is -0.200. The van der Waals surface area contributed by atoms with Gasteiger partial charge in [0.05, 0.1) is 17.2 Å². The molecule has 0 saturated heterocycles. The highest BCUT2D eigenvalue weighted by molar-refractivity contribution is 7.45. The van der Waals surface area contributed by atoms with Gasteiger partial charge < -0.3 is 45.9 Å². The number of nitrogens with two attached hydrogens (primary N) is 1. The second-order valence-corrected chi connectivity index (χ2v) is 10.5. The van der Waals surface area contributed by atoms with Crippen molar-refractivity contribution >= 4 is 31.1 Å². The Morgan fingerprint density at radius 3 is 2.14 bits per heavy atom. The highest BCUT2D eigenvalue weighted by Crippen LogP contribution is 2.57. The first-order valence-corrected chi connectivity index (χ1v) is 12.3. The van der Waals surface area contributed by atoms with E-state index in [1.54, 1.807) is 0 Å². The third kappa shape index (κ3) is 4.36. The van der Waals surface area contributed by atoms with E-state index in [4.69, 9.17) is 25.0 Å². The molecule has 0 radical (unpaired) electrons. The maximum Gasteiger partial charge on any atom is 0.466 e. The molecule has 0 bridgehead atoms. The van der Waals surface area contributed by atoms with Gasteiger partial charge in [0.25, 0.3) is 5.91 Å². The number of nitrogens with zero attached hydrogens (tertiary/aromatic N) is 1. The van der Waals surface area contributed by atoms with E-state index in [9.17, 15) is 39.9 Å². The Labute approximate surface area is 209 Å². The van der Waals surface area contributed by atoms with Crippen LogP contribution in [0.3, 0.4) is 0 Å². The van der Waals surface area contributed by atoms with Crippen LogP contribution in [0.25, 0.3) is 5.76 Å². The zero-order valence-electron chi connectivity index (χ0n) is 19.9. The minimum atomic E-state index is -4.64. The second kappa shape index (κ2) is 9.03. The van der Waals surface area contributed by atoms with E-state index in [-0.39, 0.29) is 17.5 Å². The lowest BCUT2D eigenvalue weighted by molar-refractivity contribution is -0.159. The monoisotopic (exact) mass is 542 g/mol. The number of carbonyl (C=O) groups is 3. The van der Waals surface area contributed by atoms with Crippen molar-refractivity contribution < 1.29 is 59.2 Å². The molecular weight excluding hydrogens is 515 g/mol. The summed E-state index contributed by atoms with van der Waals surface area (Å²) >= 11 is 0. The molecule has 0 aromatic heterocycles. The van der Waals surface area contributed by atoms with Crippen LogP contribution in [-0.2, 0) is 24.5 Å². The van der Waals surface area contributed by atoms with Crippen LogP contribution in [0.2, 0.25) is 0 Å². The highest BCUT2D eigenvalue weighted by Gasteiger charge is 2.66. The number of carbonyl (C=O) groups excluding carboxylic acids is 3. The number of rotatable bonds is 2. The molecule has 14 nitrogen and oxygen atoms in total. The van der Waals surface area contributed by atoms with Gasteiger partial charge in [-0.3, -0.25) is 19.3 Å². The van der Waals surface area contributed by atoms with Crippen LogP contribution in [-0.4, -0.2) is 88.3 Å². The van der Waals surface area contributed by atoms with Gasteiger partial charge in [-0.1, -0.05) is 12.1 Å². The summed E-state index contributed by atoms with van der Waals surface area (Å²) in [7, 11) is -1.63. The number of aromatic hydroxyl groups is 1. The molecule has 15 heteroatoms. The molecule has 3 aliphatic rings. The van der Waals surface area contributed by atoms with Gasteiger partial charge in [-0.2, -0.15) is 0 Å². The van der Waals surface area contributed by atoms with Gasteiger partial charge in [-0.25, -0.2) is 4.57 Å². The number of amides is 1. The van der Waals surface area contributed by atoms with Crippen LogP contribution in [0.5, 0.6) is 5.75 Å². The molecule has 37 heavy (non-hydrogen) atoms. The molecule has 202 valence electrons. The first-order chi connectivity index (χ1) is 16.8. The number of phenolic OH excluding ortho intramolecular Hbond substituents is 1. The van der Waals surface area contributed by atoms with Crippen LogP contribution in [0.1, 0.15) is 24.5 Å². The molecule has 1 aromatic rings. The molecule has 3 unspecified atom stereocenters. The number of fused-ring (bicyclic) bond motifs is 3. The first kappa shape index (κ1) is 28.5. The number of phenols is 1. The Morgan fingerprint density at radius 1 is 1.11 bits per heavy atom. The number of phosphoric acid groups is 1.